The molecule has 1 saturated carbocycles. The van der Waals surface area contributed by atoms with Crippen LogP contribution in [0.25, 0.3) is 0 Å². The molecule has 13 heavy (non-hydrogen) atoms. The molecule has 2 nitrogen and oxygen atoms in total. The summed E-state index contributed by atoms with van der Waals surface area (Å²) in [5, 5.41) is 9.90. The summed E-state index contributed by atoms with van der Waals surface area (Å²) >= 11 is 5.49. The first-order valence-corrected chi connectivity index (χ1v) is 4.36. The van der Waals surface area contributed by atoms with Gasteiger partial charge in [0.05, 0.1) is 5.60 Å². The molecular weight excluding hydrogens is 193 g/mol. The van der Waals surface area contributed by atoms with Gasteiger partial charge in [-0.3, -0.25) is 0 Å². The van der Waals surface area contributed by atoms with E-state index >= 15 is 0 Å². The van der Waals surface area contributed by atoms with Gasteiger partial charge < -0.3 is 5.11 Å². The van der Waals surface area contributed by atoms with Crippen LogP contribution in [0.3, 0.4) is 0 Å². The van der Waals surface area contributed by atoms with Crippen LogP contribution in [0.1, 0.15) is 18.4 Å². The highest BCUT2D eigenvalue weighted by molar-refractivity contribution is 6.29. The Morgan fingerprint density at radius 2 is 2.15 bits per heavy atom. The van der Waals surface area contributed by atoms with Crippen molar-refractivity contribution in [2.24, 2.45) is 0 Å². The molecule has 0 amide bonds. The summed E-state index contributed by atoms with van der Waals surface area (Å²) in [6.07, 6.45) is 2.86. The minimum Gasteiger partial charge on any atom is -0.385 e. The van der Waals surface area contributed by atoms with E-state index in [1.54, 1.807) is 0 Å². The average Bonchev–Trinajstić information content (AvgIpc) is 2.00. The molecule has 0 aliphatic heterocycles. The lowest BCUT2D eigenvalue weighted by atomic mass is 9.75. The summed E-state index contributed by atoms with van der Waals surface area (Å²) in [6.45, 7) is 0. The van der Waals surface area contributed by atoms with Crippen LogP contribution in [0.2, 0.25) is 5.15 Å². The minimum absolute atomic E-state index is 0.105. The van der Waals surface area contributed by atoms with Crippen LogP contribution in [0, 0.1) is 12.4 Å². The van der Waals surface area contributed by atoms with Crippen LogP contribution in [0.15, 0.2) is 12.1 Å². The fourth-order valence-electron chi connectivity index (χ4n) is 1.40. The summed E-state index contributed by atoms with van der Waals surface area (Å²) in [6, 6.07) is 2.97. The van der Waals surface area contributed by atoms with Crippen LogP contribution in [-0.2, 0) is 5.60 Å². The number of rotatable bonds is 1. The monoisotopic (exact) mass is 200 g/mol. The van der Waals surface area contributed by atoms with Gasteiger partial charge in [-0.25, -0.2) is 4.98 Å². The van der Waals surface area contributed by atoms with E-state index in [2.05, 4.69) is 4.98 Å². The summed E-state index contributed by atoms with van der Waals surface area (Å²) < 4.78 is 13.2. The van der Waals surface area contributed by atoms with E-state index in [0.29, 0.717) is 12.8 Å². The van der Waals surface area contributed by atoms with E-state index in [1.165, 1.54) is 12.1 Å². The third kappa shape index (κ3) is 1.42. The standard InChI is InChI=1S/C9H8ClFNO/c10-7-3-2-6(8(11)12-7)9(13)4-1-5-9/h1-3,13H,4-5H2. The number of pyridine rings is 1. The van der Waals surface area contributed by atoms with Crippen molar-refractivity contribution in [2.45, 2.75) is 18.4 Å². The van der Waals surface area contributed by atoms with Gasteiger partial charge in [0.2, 0.25) is 5.95 Å². The number of aromatic nitrogens is 1. The van der Waals surface area contributed by atoms with E-state index in [1.807, 2.05) is 6.42 Å². The highest BCUT2D eigenvalue weighted by Gasteiger charge is 2.39. The zero-order valence-electron chi connectivity index (χ0n) is 6.80. The second-order valence-corrected chi connectivity index (χ2v) is 3.59. The number of hydrogen-bond donors (Lipinski definition) is 1. The van der Waals surface area contributed by atoms with Crippen molar-refractivity contribution in [1.82, 2.24) is 4.98 Å². The van der Waals surface area contributed by atoms with Crippen molar-refractivity contribution in [1.29, 1.82) is 0 Å². The van der Waals surface area contributed by atoms with Gasteiger partial charge in [0.25, 0.3) is 0 Å². The molecule has 0 spiro atoms. The molecule has 0 unspecified atom stereocenters. The third-order valence-electron chi connectivity index (χ3n) is 2.28. The maximum absolute atomic E-state index is 13.2. The Morgan fingerprint density at radius 3 is 2.62 bits per heavy atom. The molecule has 4 heteroatoms. The van der Waals surface area contributed by atoms with Gasteiger partial charge in [-0.1, -0.05) is 11.6 Å². The third-order valence-corrected chi connectivity index (χ3v) is 2.49. The van der Waals surface area contributed by atoms with Crippen LogP contribution in [-0.4, -0.2) is 10.1 Å². The maximum atomic E-state index is 13.2. The first-order chi connectivity index (χ1) is 6.12. The molecule has 1 aliphatic rings. The van der Waals surface area contributed by atoms with Crippen LogP contribution >= 0.6 is 11.6 Å². The number of halogens is 2. The molecule has 2 rings (SSSR count). The van der Waals surface area contributed by atoms with Crippen molar-refractivity contribution in [3.63, 3.8) is 0 Å². The first kappa shape index (κ1) is 8.91. The van der Waals surface area contributed by atoms with Gasteiger partial charge in [0, 0.05) is 5.56 Å². The lowest BCUT2D eigenvalue weighted by molar-refractivity contribution is -0.00959. The van der Waals surface area contributed by atoms with Crippen molar-refractivity contribution < 1.29 is 9.50 Å². The van der Waals surface area contributed by atoms with E-state index in [9.17, 15) is 9.50 Å². The van der Waals surface area contributed by atoms with Crippen molar-refractivity contribution in [3.8, 4) is 0 Å². The van der Waals surface area contributed by atoms with E-state index < -0.39 is 11.5 Å². The zero-order chi connectivity index (χ0) is 9.47. The Hall–Kier alpha value is -0.670. The molecule has 69 valence electrons. The molecule has 0 aromatic carbocycles. The summed E-state index contributed by atoms with van der Waals surface area (Å²) in [5.74, 6) is -0.678. The largest absolute Gasteiger partial charge is 0.385 e. The second-order valence-electron chi connectivity index (χ2n) is 3.20. The van der Waals surface area contributed by atoms with Gasteiger partial charge in [0.15, 0.2) is 0 Å². The minimum atomic E-state index is -1.05. The quantitative estimate of drug-likeness (QED) is 0.704. The molecule has 1 N–H and O–H groups in total. The SMILES string of the molecule is OC1(c2ccc(Cl)nc2F)C[CH]C1. The average molecular weight is 201 g/mol. The molecule has 0 bridgehead atoms. The van der Waals surface area contributed by atoms with Crippen molar-refractivity contribution in [3.05, 3.63) is 35.2 Å². The Bertz CT molecular complexity index is 338. The Labute approximate surface area is 80.4 Å². The number of aliphatic hydroxyl groups is 1. The highest BCUT2D eigenvalue weighted by Crippen LogP contribution is 2.41. The lowest BCUT2D eigenvalue weighted by Crippen LogP contribution is -2.35. The van der Waals surface area contributed by atoms with Gasteiger partial charge in [0.1, 0.15) is 5.15 Å². The van der Waals surface area contributed by atoms with Crippen LogP contribution in [0.5, 0.6) is 0 Å². The van der Waals surface area contributed by atoms with Crippen LogP contribution in [0.4, 0.5) is 4.39 Å². The summed E-state index contributed by atoms with van der Waals surface area (Å²) in [5.41, 5.74) is -0.818. The molecule has 1 fully saturated rings. The molecule has 0 saturated heterocycles. The second kappa shape index (κ2) is 2.93. The summed E-state index contributed by atoms with van der Waals surface area (Å²) in [7, 11) is 0. The topological polar surface area (TPSA) is 33.1 Å². The fraction of sp³-hybridized carbons (Fsp3) is 0.333. The van der Waals surface area contributed by atoms with Gasteiger partial charge in [-0.2, -0.15) is 4.39 Å². The first-order valence-electron chi connectivity index (χ1n) is 3.98. The number of nitrogens with zero attached hydrogens (tertiary/aromatic N) is 1. The van der Waals surface area contributed by atoms with Gasteiger partial charge >= 0.3 is 0 Å². The van der Waals surface area contributed by atoms with E-state index in [4.69, 9.17) is 11.6 Å². The highest BCUT2D eigenvalue weighted by atomic mass is 35.5. The van der Waals surface area contributed by atoms with Crippen molar-refractivity contribution >= 4 is 11.6 Å². The number of hydrogen-bond acceptors (Lipinski definition) is 2. The predicted molar refractivity (Wildman–Crippen MR) is 46.6 cm³/mol. The molecule has 1 aromatic heterocycles. The Morgan fingerprint density at radius 1 is 1.46 bits per heavy atom. The van der Waals surface area contributed by atoms with Gasteiger partial charge in [-0.15, -0.1) is 0 Å². The Kier molecular flexibility index (Phi) is 2.00. The zero-order valence-corrected chi connectivity index (χ0v) is 7.55. The normalized spacial score (nSPS) is 19.6. The maximum Gasteiger partial charge on any atom is 0.220 e. The molecule has 0 atom stereocenters. The smallest absolute Gasteiger partial charge is 0.220 e. The fourth-order valence-corrected chi connectivity index (χ4v) is 1.53. The molecular formula is C9H8ClFNO. The van der Waals surface area contributed by atoms with Crippen LogP contribution < -0.4 is 0 Å². The molecule has 1 aliphatic carbocycles. The van der Waals surface area contributed by atoms with E-state index in [-0.39, 0.29) is 10.7 Å². The van der Waals surface area contributed by atoms with Crippen molar-refractivity contribution in [2.75, 3.05) is 0 Å². The Balaban J connectivity index is 2.40. The summed E-state index contributed by atoms with van der Waals surface area (Å²) in [4.78, 5) is 3.45. The lowest BCUT2D eigenvalue weighted by Gasteiger charge is -2.36. The molecule has 1 heterocycles. The van der Waals surface area contributed by atoms with Gasteiger partial charge in [-0.05, 0) is 31.4 Å². The molecule has 1 radical (unpaired) electrons. The molecule has 1 aromatic rings. The van der Waals surface area contributed by atoms with E-state index in [0.717, 1.165) is 0 Å². The predicted octanol–water partition coefficient (Wildman–Crippen LogP) is 2.06.